The van der Waals surface area contributed by atoms with E-state index in [1.807, 2.05) is 13.0 Å². The van der Waals surface area contributed by atoms with Crippen LogP contribution in [0.5, 0.6) is 0 Å². The van der Waals surface area contributed by atoms with Gasteiger partial charge in [0.2, 0.25) is 0 Å². The molecule has 6 aromatic rings. The molecule has 39 heavy (non-hydrogen) atoms. The van der Waals surface area contributed by atoms with Gasteiger partial charge in [0.25, 0.3) is 20.0 Å². The highest BCUT2D eigenvalue weighted by molar-refractivity contribution is 7.90. The van der Waals surface area contributed by atoms with Crippen LogP contribution in [0, 0.1) is 6.92 Å². The first kappa shape index (κ1) is 25.1. The molecule has 2 heterocycles. The Morgan fingerprint density at radius 1 is 0.564 bits per heavy atom. The summed E-state index contributed by atoms with van der Waals surface area (Å²) in [6.07, 6.45) is -1.60. The predicted molar refractivity (Wildman–Crippen MR) is 151 cm³/mol. The molecule has 1 unspecified atom stereocenters. The molecular weight excluding hydrogens is 532 g/mol. The average Bonchev–Trinajstić information content (AvgIpc) is 3.53. The van der Waals surface area contributed by atoms with Crippen molar-refractivity contribution in [2.75, 3.05) is 0 Å². The molecule has 0 aliphatic carbocycles. The molecule has 1 N–H and O–H groups in total. The number of aromatic nitrogens is 2. The minimum atomic E-state index is -4.15. The highest BCUT2D eigenvalue weighted by Gasteiger charge is 2.32. The molecule has 0 spiro atoms. The highest BCUT2D eigenvalue weighted by atomic mass is 32.2. The van der Waals surface area contributed by atoms with Crippen molar-refractivity contribution in [3.63, 3.8) is 0 Å². The van der Waals surface area contributed by atoms with Crippen LogP contribution in [-0.2, 0) is 20.0 Å². The van der Waals surface area contributed by atoms with Crippen molar-refractivity contribution < 1.29 is 21.9 Å². The molecule has 7 nitrogen and oxygen atoms in total. The molecule has 0 bridgehead atoms. The number of para-hydroxylation sites is 1. The van der Waals surface area contributed by atoms with Gasteiger partial charge in [0.05, 0.1) is 32.2 Å². The van der Waals surface area contributed by atoms with Crippen molar-refractivity contribution in [3.8, 4) is 0 Å². The zero-order valence-electron chi connectivity index (χ0n) is 20.8. The van der Waals surface area contributed by atoms with E-state index in [-0.39, 0.29) is 21.2 Å². The quantitative estimate of drug-likeness (QED) is 0.294. The maximum Gasteiger partial charge on any atom is 0.268 e. The minimum Gasteiger partial charge on any atom is -0.380 e. The van der Waals surface area contributed by atoms with E-state index in [0.717, 1.165) is 13.5 Å². The third kappa shape index (κ3) is 4.06. The Hall–Kier alpha value is -4.18. The largest absolute Gasteiger partial charge is 0.380 e. The van der Waals surface area contributed by atoms with Crippen molar-refractivity contribution in [1.82, 2.24) is 7.94 Å². The molecule has 0 aliphatic heterocycles. The molecule has 0 fully saturated rings. The Labute approximate surface area is 226 Å². The van der Waals surface area contributed by atoms with Crippen LogP contribution < -0.4 is 0 Å². The van der Waals surface area contributed by atoms with Gasteiger partial charge >= 0.3 is 0 Å². The number of hydrogen-bond acceptors (Lipinski definition) is 5. The molecule has 9 heteroatoms. The van der Waals surface area contributed by atoms with Crippen molar-refractivity contribution >= 4 is 41.9 Å². The molecule has 4 aromatic carbocycles. The fraction of sp³-hybridized carbons (Fsp3) is 0.0667. The number of rotatable bonds is 6. The zero-order chi connectivity index (χ0) is 27.4. The fourth-order valence-corrected chi connectivity index (χ4v) is 8.08. The normalized spacial score (nSPS) is 13.2. The summed E-state index contributed by atoms with van der Waals surface area (Å²) in [5.74, 6) is 0. The molecule has 6 rings (SSSR count). The zero-order valence-corrected chi connectivity index (χ0v) is 22.5. The summed E-state index contributed by atoms with van der Waals surface area (Å²) in [6.45, 7) is 1.89. The van der Waals surface area contributed by atoms with Gasteiger partial charge in [-0.25, -0.2) is 24.8 Å². The lowest BCUT2D eigenvalue weighted by atomic mass is 10.1. The SMILES string of the molecule is Cc1ccc2c(c1)cc(C(O)c1cc3ccccc3n1S(=O)(=O)c1ccccc1)n2S(=O)(=O)c1ccccc1. The number of aryl methyl sites for hydroxylation is 1. The Kier molecular flexibility index (Phi) is 5.95. The molecular formula is C30H24N2O5S2. The lowest BCUT2D eigenvalue weighted by molar-refractivity contribution is 0.209. The average molecular weight is 557 g/mol. The maximum absolute atomic E-state index is 14.0. The van der Waals surface area contributed by atoms with Crippen LogP contribution >= 0.6 is 0 Å². The van der Waals surface area contributed by atoms with Gasteiger partial charge in [0.15, 0.2) is 0 Å². The topological polar surface area (TPSA) is 98.4 Å². The second kappa shape index (κ2) is 9.23. The van der Waals surface area contributed by atoms with Gasteiger partial charge in [-0.1, -0.05) is 66.2 Å². The van der Waals surface area contributed by atoms with Gasteiger partial charge in [-0.05, 0) is 61.5 Å². The lowest BCUT2D eigenvalue weighted by Gasteiger charge is -2.19. The van der Waals surface area contributed by atoms with Gasteiger partial charge in [-0.15, -0.1) is 0 Å². The molecule has 0 amide bonds. The second-order valence-corrected chi connectivity index (χ2v) is 12.9. The lowest BCUT2D eigenvalue weighted by Crippen LogP contribution is -2.22. The van der Waals surface area contributed by atoms with Gasteiger partial charge in [0.1, 0.15) is 6.10 Å². The van der Waals surface area contributed by atoms with Crippen LogP contribution in [0.25, 0.3) is 21.8 Å². The number of nitrogens with zero attached hydrogens (tertiary/aromatic N) is 2. The summed E-state index contributed by atoms with van der Waals surface area (Å²) in [4.78, 5) is 0.0989. The van der Waals surface area contributed by atoms with Gasteiger partial charge in [-0.2, -0.15) is 0 Å². The summed E-state index contributed by atoms with van der Waals surface area (Å²) in [5.41, 5.74) is 1.74. The predicted octanol–water partition coefficient (Wildman–Crippen LogP) is 5.46. The number of fused-ring (bicyclic) bond motifs is 2. The van der Waals surface area contributed by atoms with Gasteiger partial charge in [-0.3, -0.25) is 0 Å². The molecule has 2 aromatic heterocycles. The Morgan fingerprint density at radius 3 is 1.59 bits per heavy atom. The van der Waals surface area contributed by atoms with E-state index in [9.17, 15) is 21.9 Å². The third-order valence-corrected chi connectivity index (χ3v) is 10.3. The first-order valence-corrected chi connectivity index (χ1v) is 15.1. The van der Waals surface area contributed by atoms with Gasteiger partial charge in [0, 0.05) is 10.8 Å². The van der Waals surface area contributed by atoms with Crippen LogP contribution in [0.4, 0.5) is 0 Å². The minimum absolute atomic E-state index is 0.0316. The second-order valence-electron chi connectivity index (χ2n) is 9.33. The Balaban J connectivity index is 1.65. The Morgan fingerprint density at radius 2 is 1.03 bits per heavy atom. The summed E-state index contributed by atoms with van der Waals surface area (Å²) < 4.78 is 57.9. The van der Waals surface area contributed by atoms with Crippen molar-refractivity contribution in [2.24, 2.45) is 0 Å². The van der Waals surface area contributed by atoms with E-state index in [1.54, 1.807) is 84.9 Å². The number of benzene rings is 4. The van der Waals surface area contributed by atoms with Crippen LogP contribution in [0.15, 0.2) is 125 Å². The third-order valence-electron chi connectivity index (χ3n) is 6.76. The smallest absolute Gasteiger partial charge is 0.268 e. The molecule has 196 valence electrons. The van der Waals surface area contributed by atoms with Gasteiger partial charge < -0.3 is 5.11 Å². The monoisotopic (exact) mass is 556 g/mol. The van der Waals surface area contributed by atoms with E-state index < -0.39 is 26.2 Å². The maximum atomic E-state index is 14.0. The van der Waals surface area contributed by atoms with Crippen LogP contribution in [-0.4, -0.2) is 29.9 Å². The summed E-state index contributed by atoms with van der Waals surface area (Å²) in [5, 5.41) is 13.1. The molecule has 0 radical (unpaired) electrons. The number of aliphatic hydroxyl groups excluding tert-OH is 1. The van der Waals surface area contributed by atoms with Crippen LogP contribution in [0.3, 0.4) is 0 Å². The van der Waals surface area contributed by atoms with E-state index in [1.165, 1.54) is 24.3 Å². The molecule has 1 atom stereocenters. The Bertz CT molecular complexity index is 2060. The van der Waals surface area contributed by atoms with E-state index in [2.05, 4.69) is 0 Å². The summed E-state index contributed by atoms with van der Waals surface area (Å²) in [6, 6.07) is 31.3. The summed E-state index contributed by atoms with van der Waals surface area (Å²) in [7, 11) is -8.30. The molecule has 0 saturated heterocycles. The van der Waals surface area contributed by atoms with Crippen LogP contribution in [0.2, 0.25) is 0 Å². The van der Waals surface area contributed by atoms with Crippen molar-refractivity contribution in [3.05, 3.63) is 132 Å². The van der Waals surface area contributed by atoms with E-state index in [4.69, 9.17) is 0 Å². The first-order chi connectivity index (χ1) is 18.7. The fourth-order valence-electron chi connectivity index (χ4n) is 4.95. The standard InChI is InChI=1S/C30H24N2O5S2/c1-21-16-17-27-23(18-21)20-29(32(27)39(36,37)25-13-6-3-7-14-25)30(33)28-19-22-10-8-9-15-26(22)31(28)38(34,35)24-11-4-2-5-12-24/h2-20,30,33H,1H3. The first-order valence-electron chi connectivity index (χ1n) is 12.2. The number of aliphatic hydroxyl groups is 1. The van der Waals surface area contributed by atoms with Crippen molar-refractivity contribution in [1.29, 1.82) is 0 Å². The van der Waals surface area contributed by atoms with Crippen molar-refractivity contribution in [2.45, 2.75) is 22.8 Å². The number of hydrogen-bond donors (Lipinski definition) is 1. The molecule has 0 aliphatic rings. The van der Waals surface area contributed by atoms with Crippen LogP contribution in [0.1, 0.15) is 23.1 Å². The van der Waals surface area contributed by atoms with E-state index >= 15 is 0 Å². The highest BCUT2D eigenvalue weighted by Crippen LogP contribution is 2.36. The van der Waals surface area contributed by atoms with E-state index in [0.29, 0.717) is 21.8 Å². The summed E-state index contributed by atoms with van der Waals surface area (Å²) >= 11 is 0. The molecule has 0 saturated carbocycles.